The van der Waals surface area contributed by atoms with E-state index >= 15 is 0 Å². The molecule has 0 N–H and O–H groups in total. The standard InChI is InChI=1S/C33H31Cl2.C14H11Cl.C5H5.2ClH.Zr/c1-32(2,3)30-18-26-22(16-28(30)20-7-11-24(34)12-8-20)15-23-17-29(21-9-13-25(35)14-10-21)31(19-27(23)26)33(4,5)6;15-14-10-8-13(9-11-14)7-6-12-4-2-1-3-5-12;1-2-4-5-3-1;;;/h7-19H,1-6H3;1-5,8-11H,6H2;1-3H,4H2;2*1H;/q-1;;-1;;;+2. The summed E-state index contributed by atoms with van der Waals surface area (Å²) in [6.07, 6.45) is 11.0. The van der Waals surface area contributed by atoms with Crippen molar-refractivity contribution in [1.82, 2.24) is 0 Å². The molecule has 1 aliphatic rings. The van der Waals surface area contributed by atoms with Crippen molar-refractivity contribution < 1.29 is 24.2 Å². The molecule has 0 saturated carbocycles. The molecule has 8 rings (SSSR count). The van der Waals surface area contributed by atoms with Gasteiger partial charge in [0.15, 0.2) is 0 Å². The number of hydrogen-bond donors (Lipinski definition) is 0. The summed E-state index contributed by atoms with van der Waals surface area (Å²) in [5.41, 5.74) is 10.3. The molecular formula is C52H49Cl5Zr. The van der Waals surface area contributed by atoms with Crippen LogP contribution in [0.4, 0.5) is 0 Å². The Hall–Kier alpha value is -3.13. The van der Waals surface area contributed by atoms with Gasteiger partial charge in [0.25, 0.3) is 0 Å². The third kappa shape index (κ3) is 12.2. The van der Waals surface area contributed by atoms with Crippen LogP contribution in [0.2, 0.25) is 15.1 Å². The summed E-state index contributed by atoms with van der Waals surface area (Å²) in [7, 11) is 0. The maximum absolute atomic E-state index is 6.20. The topological polar surface area (TPSA) is 0 Å². The van der Waals surface area contributed by atoms with E-state index < -0.39 is 0 Å². The van der Waals surface area contributed by atoms with Gasteiger partial charge in [0, 0.05) is 10.0 Å². The summed E-state index contributed by atoms with van der Waals surface area (Å²) in [5.74, 6) is 0. The number of benzene rings is 6. The maximum Gasteiger partial charge on any atom is -0.109 e. The molecule has 0 aromatic heterocycles. The number of halogens is 5. The molecule has 6 heteroatoms. The van der Waals surface area contributed by atoms with Crippen LogP contribution in [0.5, 0.6) is 0 Å². The number of rotatable bonds is 5. The molecule has 0 aliphatic heterocycles. The van der Waals surface area contributed by atoms with E-state index in [1.165, 1.54) is 93.5 Å². The van der Waals surface area contributed by atoms with Crippen molar-refractivity contribution in [3.63, 3.8) is 0 Å². The minimum atomic E-state index is 0. The molecule has 0 radical (unpaired) electrons. The summed E-state index contributed by atoms with van der Waals surface area (Å²) in [6, 6.07) is 46.9. The molecule has 0 nitrogen and oxygen atoms in total. The predicted molar refractivity (Wildman–Crippen MR) is 257 cm³/mol. The Morgan fingerprint density at radius 2 is 1.03 bits per heavy atom. The van der Waals surface area contributed by atoms with Crippen LogP contribution in [-0.4, -0.2) is 3.21 Å². The van der Waals surface area contributed by atoms with Gasteiger partial charge in [0.05, 0.1) is 0 Å². The van der Waals surface area contributed by atoms with Crippen molar-refractivity contribution >= 4 is 84.4 Å². The van der Waals surface area contributed by atoms with E-state index in [9.17, 15) is 0 Å². The van der Waals surface area contributed by atoms with E-state index in [-0.39, 0.29) is 35.6 Å². The first-order chi connectivity index (χ1) is 26.7. The second-order valence-electron chi connectivity index (χ2n) is 16.3. The quantitative estimate of drug-likeness (QED) is 0.151. The second kappa shape index (κ2) is 20.9. The van der Waals surface area contributed by atoms with Gasteiger partial charge < -0.3 is 0 Å². The van der Waals surface area contributed by atoms with Crippen LogP contribution in [0.15, 0.2) is 152 Å². The molecule has 58 heavy (non-hydrogen) atoms. The van der Waals surface area contributed by atoms with Crippen molar-refractivity contribution in [2.45, 2.75) is 65.2 Å². The summed E-state index contributed by atoms with van der Waals surface area (Å²) in [4.78, 5) is 0. The van der Waals surface area contributed by atoms with E-state index in [2.05, 4.69) is 151 Å². The van der Waals surface area contributed by atoms with Crippen molar-refractivity contribution in [1.29, 1.82) is 0 Å². The number of hydrogen-bond acceptors (Lipinski definition) is 0. The van der Waals surface area contributed by atoms with Crippen molar-refractivity contribution in [3.05, 3.63) is 195 Å². The summed E-state index contributed by atoms with van der Waals surface area (Å²) in [6.45, 7) is 13.7. The molecular weight excluding hydrogens is 893 g/mol. The van der Waals surface area contributed by atoms with Gasteiger partial charge in [-0.25, -0.2) is 12.2 Å². The van der Waals surface area contributed by atoms with Crippen molar-refractivity contribution in [3.8, 4) is 22.3 Å². The number of allylic oxidation sites excluding steroid dienone is 4. The molecule has 0 amide bonds. The Kier molecular flexibility index (Phi) is 17.1. The van der Waals surface area contributed by atoms with Gasteiger partial charge in [0.2, 0.25) is 0 Å². The molecule has 0 bridgehead atoms. The first kappa shape index (κ1) is 47.5. The van der Waals surface area contributed by atoms with E-state index in [1.54, 1.807) is 0 Å². The predicted octanol–water partition coefficient (Wildman–Crippen LogP) is 16.7. The Morgan fingerprint density at radius 1 is 0.603 bits per heavy atom. The molecule has 0 saturated heterocycles. The van der Waals surface area contributed by atoms with E-state index in [4.69, 9.17) is 34.8 Å². The van der Waals surface area contributed by atoms with Crippen LogP contribution in [-0.2, 0) is 41.5 Å². The van der Waals surface area contributed by atoms with Gasteiger partial charge >= 0.3 is 116 Å². The second-order valence-corrected chi connectivity index (χ2v) is 19.1. The molecule has 296 valence electrons. The van der Waals surface area contributed by atoms with Crippen LogP contribution >= 0.6 is 59.6 Å². The number of fused-ring (bicyclic) bond motifs is 3. The Labute approximate surface area is 387 Å². The van der Waals surface area contributed by atoms with Crippen LogP contribution in [0.3, 0.4) is 0 Å². The van der Waals surface area contributed by atoms with Gasteiger partial charge in [-0.05, 0) is 68.5 Å². The Morgan fingerprint density at radius 3 is 1.40 bits per heavy atom. The third-order valence-corrected chi connectivity index (χ3v) is 11.8. The zero-order chi connectivity index (χ0) is 40.0. The van der Waals surface area contributed by atoms with Crippen LogP contribution < -0.4 is 0 Å². The van der Waals surface area contributed by atoms with Crippen LogP contribution in [0.1, 0.15) is 70.2 Å². The Bertz CT molecular complexity index is 2370. The Balaban J connectivity index is 0.000000268. The van der Waals surface area contributed by atoms with Gasteiger partial charge in [-0.15, -0.1) is 71.0 Å². The third-order valence-electron chi connectivity index (χ3n) is 9.91. The van der Waals surface area contributed by atoms with Gasteiger partial charge in [-0.1, -0.05) is 101 Å². The average Bonchev–Trinajstić information content (AvgIpc) is 3.87. The molecule has 0 heterocycles. The maximum atomic E-state index is 6.20. The SMILES string of the molecule is CC(C)(C)c1cc2c(cc1-c1ccc(Cl)cc1)[cH-]c1cc(-c3ccc(Cl)cc3)c(C(C)(C)C)cc12.Cl.Cl.Clc1ccc([C](=[Zr+2])Cc2ccccc2)cc1.[C-]1=CC=CC1. The van der Waals surface area contributed by atoms with Crippen LogP contribution in [0.25, 0.3) is 43.8 Å². The zero-order valence-electron chi connectivity index (χ0n) is 33.8. The fourth-order valence-electron chi connectivity index (χ4n) is 6.98. The smallest absolute Gasteiger partial charge is 0.109 e. The van der Waals surface area contributed by atoms with Crippen LogP contribution in [0, 0.1) is 6.08 Å². The summed E-state index contributed by atoms with van der Waals surface area (Å²) < 4.78 is 1.45. The largest absolute Gasteiger partial charge is 0.273 e. The minimum Gasteiger partial charge on any atom is -0.273 e. The zero-order valence-corrected chi connectivity index (χ0v) is 40.2. The van der Waals surface area contributed by atoms with Crippen molar-refractivity contribution in [2.24, 2.45) is 0 Å². The minimum absolute atomic E-state index is 0. The first-order valence-corrected chi connectivity index (χ1v) is 21.4. The average molecular weight is 942 g/mol. The normalized spacial score (nSPS) is 11.9. The van der Waals surface area contributed by atoms with E-state index in [1.807, 2.05) is 48.6 Å². The molecule has 0 atom stereocenters. The van der Waals surface area contributed by atoms with Crippen molar-refractivity contribution in [2.75, 3.05) is 0 Å². The first-order valence-electron chi connectivity index (χ1n) is 19.0. The fourth-order valence-corrected chi connectivity index (χ4v) is 8.27. The molecule has 0 fully saturated rings. The molecule has 0 spiro atoms. The fraction of sp³-hybridized carbons (Fsp3) is 0.192. The molecule has 7 aromatic rings. The summed E-state index contributed by atoms with van der Waals surface area (Å²) in [5, 5.41) is 7.49. The van der Waals surface area contributed by atoms with Gasteiger partial charge in [-0.3, -0.25) is 6.08 Å². The summed E-state index contributed by atoms with van der Waals surface area (Å²) >= 11 is 19.7. The molecule has 0 unspecified atom stereocenters. The van der Waals surface area contributed by atoms with E-state index in [0.717, 1.165) is 27.9 Å². The van der Waals surface area contributed by atoms with Gasteiger partial charge in [-0.2, -0.15) is 6.08 Å². The van der Waals surface area contributed by atoms with Gasteiger partial charge in [0.1, 0.15) is 0 Å². The monoisotopic (exact) mass is 938 g/mol. The molecule has 7 aromatic carbocycles. The van der Waals surface area contributed by atoms with E-state index in [0.29, 0.717) is 0 Å². The molecule has 1 aliphatic carbocycles.